The molecule has 0 saturated carbocycles. The minimum absolute atomic E-state index is 0. The second kappa shape index (κ2) is 10.4. The maximum absolute atomic E-state index is 13.1. The van der Waals surface area contributed by atoms with Gasteiger partial charge in [0, 0.05) is 19.5 Å². The van der Waals surface area contributed by atoms with E-state index in [4.69, 9.17) is 0 Å². The van der Waals surface area contributed by atoms with E-state index in [0.29, 0.717) is 6.54 Å². The number of alkyl halides is 2. The van der Waals surface area contributed by atoms with Crippen LogP contribution < -0.4 is 10.6 Å². The summed E-state index contributed by atoms with van der Waals surface area (Å²) in [4.78, 5) is 14.4. The zero-order valence-electron chi connectivity index (χ0n) is 14.7. The highest BCUT2D eigenvalue weighted by Gasteiger charge is 2.42. The van der Waals surface area contributed by atoms with Crippen LogP contribution in [0.1, 0.15) is 36.8 Å². The second-order valence-corrected chi connectivity index (χ2v) is 6.86. The summed E-state index contributed by atoms with van der Waals surface area (Å²) in [7, 11) is 0. The van der Waals surface area contributed by atoms with E-state index < -0.39 is 24.9 Å². The third-order valence-corrected chi connectivity index (χ3v) is 4.77. The second-order valence-electron chi connectivity index (χ2n) is 6.86. The molecule has 0 radical (unpaired) electrons. The van der Waals surface area contributed by atoms with Gasteiger partial charge in [0.05, 0.1) is 12.6 Å². The number of carbonyl (C=O) groups excluding carboxylic acids is 1. The summed E-state index contributed by atoms with van der Waals surface area (Å²) in [5, 5.41) is 5.30. The molecule has 0 aliphatic carbocycles. The predicted molar refractivity (Wildman–Crippen MR) is 103 cm³/mol. The first-order valence-corrected chi connectivity index (χ1v) is 8.71. The molecule has 2 heterocycles. The standard InChI is InChI=1S/C18H25F2N3O.2ClH/c19-18(20)10-16(22-13-18)17(24)21-11-14-4-6-15(7-5-14)12-23-8-2-1-3-9-23;;/h4-7,16,22H,1-3,8-13H2,(H,21,24);2*1H. The molecule has 2 aliphatic rings. The van der Waals surface area contributed by atoms with E-state index in [0.717, 1.165) is 25.2 Å². The number of hydrogen-bond acceptors (Lipinski definition) is 3. The largest absolute Gasteiger partial charge is 0.351 e. The van der Waals surface area contributed by atoms with Gasteiger partial charge in [0.15, 0.2) is 0 Å². The minimum Gasteiger partial charge on any atom is -0.351 e. The van der Waals surface area contributed by atoms with Gasteiger partial charge in [0.25, 0.3) is 5.92 Å². The van der Waals surface area contributed by atoms with Crippen molar-refractivity contribution in [1.82, 2.24) is 15.5 Å². The normalized spacial score (nSPS) is 22.2. The first-order chi connectivity index (χ1) is 11.5. The van der Waals surface area contributed by atoms with Crippen molar-refractivity contribution in [3.05, 3.63) is 35.4 Å². The number of carbonyl (C=O) groups is 1. The van der Waals surface area contributed by atoms with Crippen molar-refractivity contribution in [1.29, 1.82) is 0 Å². The van der Waals surface area contributed by atoms with Gasteiger partial charge >= 0.3 is 0 Å². The maximum atomic E-state index is 13.1. The SMILES string of the molecule is Cl.Cl.O=C(NCc1ccc(CN2CCCCC2)cc1)C1CC(F)(F)CN1. The van der Waals surface area contributed by atoms with Crippen LogP contribution in [0.3, 0.4) is 0 Å². The number of amides is 1. The molecule has 1 atom stereocenters. The van der Waals surface area contributed by atoms with Gasteiger partial charge in [-0.15, -0.1) is 24.8 Å². The molecule has 2 N–H and O–H groups in total. The Labute approximate surface area is 165 Å². The smallest absolute Gasteiger partial charge is 0.262 e. The zero-order chi connectivity index (χ0) is 17.0. The molecule has 148 valence electrons. The van der Waals surface area contributed by atoms with Crippen LogP contribution in [0.2, 0.25) is 0 Å². The molecule has 26 heavy (non-hydrogen) atoms. The molecule has 4 nitrogen and oxygen atoms in total. The summed E-state index contributed by atoms with van der Waals surface area (Å²) in [5.74, 6) is -3.14. The van der Waals surface area contributed by atoms with Gasteiger partial charge in [-0.1, -0.05) is 30.7 Å². The van der Waals surface area contributed by atoms with E-state index in [-0.39, 0.29) is 30.7 Å². The van der Waals surface area contributed by atoms with Crippen molar-refractivity contribution in [3.63, 3.8) is 0 Å². The lowest BCUT2D eigenvalue weighted by Gasteiger charge is -2.26. The Morgan fingerprint density at radius 2 is 1.73 bits per heavy atom. The summed E-state index contributed by atoms with van der Waals surface area (Å²) >= 11 is 0. The summed E-state index contributed by atoms with van der Waals surface area (Å²) in [6, 6.07) is 7.36. The molecule has 2 fully saturated rings. The van der Waals surface area contributed by atoms with Crippen LogP contribution in [0.4, 0.5) is 8.78 Å². The molecule has 1 aromatic carbocycles. The lowest BCUT2D eigenvalue weighted by Crippen LogP contribution is -2.40. The Hall–Kier alpha value is -0.950. The first-order valence-electron chi connectivity index (χ1n) is 8.71. The Kier molecular flexibility index (Phi) is 9.24. The number of benzene rings is 1. The monoisotopic (exact) mass is 409 g/mol. The van der Waals surface area contributed by atoms with Crippen LogP contribution in [0.25, 0.3) is 0 Å². The van der Waals surface area contributed by atoms with E-state index in [2.05, 4.69) is 27.7 Å². The third-order valence-electron chi connectivity index (χ3n) is 4.77. The van der Waals surface area contributed by atoms with Crippen molar-refractivity contribution < 1.29 is 13.6 Å². The van der Waals surface area contributed by atoms with Gasteiger partial charge < -0.3 is 5.32 Å². The van der Waals surface area contributed by atoms with Crippen molar-refractivity contribution in [3.8, 4) is 0 Å². The number of piperidine rings is 1. The van der Waals surface area contributed by atoms with E-state index in [1.165, 1.54) is 24.8 Å². The van der Waals surface area contributed by atoms with Crippen LogP contribution >= 0.6 is 24.8 Å². The Morgan fingerprint density at radius 3 is 2.31 bits per heavy atom. The topological polar surface area (TPSA) is 44.4 Å². The van der Waals surface area contributed by atoms with Gasteiger partial charge in [-0.25, -0.2) is 8.78 Å². The Balaban J connectivity index is 0.00000169. The molecular weight excluding hydrogens is 383 g/mol. The molecule has 1 amide bonds. The van der Waals surface area contributed by atoms with Crippen molar-refractivity contribution in [2.75, 3.05) is 19.6 Å². The molecule has 0 aromatic heterocycles. The fraction of sp³-hybridized carbons (Fsp3) is 0.611. The summed E-state index contributed by atoms with van der Waals surface area (Å²) in [6.45, 7) is 3.24. The molecule has 2 saturated heterocycles. The van der Waals surface area contributed by atoms with Crippen molar-refractivity contribution in [2.24, 2.45) is 0 Å². The summed E-state index contributed by atoms with van der Waals surface area (Å²) in [6.07, 6.45) is 3.46. The van der Waals surface area contributed by atoms with E-state index in [1.807, 2.05) is 12.1 Å². The Morgan fingerprint density at radius 1 is 1.12 bits per heavy atom. The van der Waals surface area contributed by atoms with Gasteiger partial charge in [-0.2, -0.15) is 0 Å². The van der Waals surface area contributed by atoms with Gasteiger partial charge in [-0.3, -0.25) is 15.0 Å². The van der Waals surface area contributed by atoms with Gasteiger partial charge in [0.1, 0.15) is 0 Å². The van der Waals surface area contributed by atoms with Crippen molar-refractivity contribution >= 4 is 30.7 Å². The molecular formula is C18H27Cl2F2N3O. The van der Waals surface area contributed by atoms with Crippen LogP contribution in [0.15, 0.2) is 24.3 Å². The summed E-state index contributed by atoms with van der Waals surface area (Å²) < 4.78 is 26.2. The number of rotatable bonds is 5. The molecule has 0 spiro atoms. The van der Waals surface area contributed by atoms with E-state index >= 15 is 0 Å². The van der Waals surface area contributed by atoms with Crippen LogP contribution in [-0.2, 0) is 17.9 Å². The van der Waals surface area contributed by atoms with Crippen LogP contribution in [0, 0.1) is 0 Å². The fourth-order valence-corrected chi connectivity index (χ4v) is 3.35. The number of likely N-dealkylation sites (tertiary alicyclic amines) is 1. The number of nitrogens with one attached hydrogen (secondary N) is 2. The van der Waals surface area contributed by atoms with Crippen molar-refractivity contribution in [2.45, 2.75) is 50.7 Å². The quantitative estimate of drug-likeness (QED) is 0.784. The van der Waals surface area contributed by atoms with Crippen LogP contribution in [0.5, 0.6) is 0 Å². The zero-order valence-corrected chi connectivity index (χ0v) is 16.3. The average Bonchev–Trinajstić information content (AvgIpc) is 2.95. The first kappa shape index (κ1) is 23.1. The molecule has 1 unspecified atom stereocenters. The third kappa shape index (κ3) is 6.65. The highest BCUT2D eigenvalue weighted by molar-refractivity contribution is 5.85. The fourth-order valence-electron chi connectivity index (χ4n) is 3.35. The number of halogens is 4. The average molecular weight is 410 g/mol. The van der Waals surface area contributed by atoms with E-state index in [9.17, 15) is 13.6 Å². The molecule has 8 heteroatoms. The maximum Gasteiger partial charge on any atom is 0.262 e. The minimum atomic E-state index is -2.78. The number of nitrogens with zero attached hydrogens (tertiary/aromatic N) is 1. The van der Waals surface area contributed by atoms with E-state index in [1.54, 1.807) is 0 Å². The number of hydrogen-bond donors (Lipinski definition) is 2. The van der Waals surface area contributed by atoms with Gasteiger partial charge in [0.2, 0.25) is 5.91 Å². The molecule has 3 rings (SSSR count). The lowest BCUT2D eigenvalue weighted by molar-refractivity contribution is -0.123. The molecule has 2 aliphatic heterocycles. The lowest BCUT2D eigenvalue weighted by atomic mass is 10.1. The van der Waals surface area contributed by atoms with Gasteiger partial charge in [-0.05, 0) is 37.1 Å². The predicted octanol–water partition coefficient (Wildman–Crippen LogP) is 3.13. The molecule has 1 aromatic rings. The summed E-state index contributed by atoms with van der Waals surface area (Å²) in [5.41, 5.74) is 2.25. The molecule has 0 bridgehead atoms. The van der Waals surface area contributed by atoms with Crippen LogP contribution in [-0.4, -0.2) is 42.4 Å². The highest BCUT2D eigenvalue weighted by atomic mass is 35.5. The Bertz CT molecular complexity index is 566. The highest BCUT2D eigenvalue weighted by Crippen LogP contribution is 2.25.